The Kier molecular flexibility index (Phi) is 3.63. The van der Waals surface area contributed by atoms with E-state index >= 15 is 0 Å². The zero-order valence-corrected chi connectivity index (χ0v) is 9.54. The number of halogens is 4. The van der Waals surface area contributed by atoms with Gasteiger partial charge in [-0.05, 0) is 48.2 Å². The summed E-state index contributed by atoms with van der Waals surface area (Å²) in [5, 5.41) is -0.728. The Morgan fingerprint density at radius 2 is 1.94 bits per heavy atom. The fourth-order valence-electron chi connectivity index (χ4n) is 1.70. The normalized spacial score (nSPS) is 11.6. The average molecular weight is 251 g/mol. The van der Waals surface area contributed by atoms with Gasteiger partial charge in [-0.2, -0.15) is 13.2 Å². The van der Waals surface area contributed by atoms with Crippen LogP contribution in [0.1, 0.15) is 34.0 Å². The molecule has 0 fully saturated rings. The van der Waals surface area contributed by atoms with Crippen molar-refractivity contribution in [2.45, 2.75) is 26.4 Å². The molecule has 1 aromatic carbocycles. The lowest BCUT2D eigenvalue weighted by molar-refractivity contribution is -0.138. The van der Waals surface area contributed by atoms with Gasteiger partial charge in [0.15, 0.2) is 0 Å². The van der Waals surface area contributed by atoms with Crippen molar-refractivity contribution in [1.29, 1.82) is 0 Å². The maximum absolute atomic E-state index is 12.6. The highest BCUT2D eigenvalue weighted by Crippen LogP contribution is 2.34. The molecule has 0 N–H and O–H groups in total. The number of hydrogen-bond donors (Lipinski definition) is 0. The van der Waals surface area contributed by atoms with E-state index < -0.39 is 17.0 Å². The molecule has 88 valence electrons. The molecule has 0 amide bonds. The van der Waals surface area contributed by atoms with Crippen LogP contribution in [0, 0.1) is 6.92 Å². The first-order valence-electron chi connectivity index (χ1n) is 4.68. The monoisotopic (exact) mass is 250 g/mol. The SMILES string of the molecule is CCc1c(C(=O)Cl)ccc(C(F)(F)F)c1C. The number of carbonyl (C=O) groups excluding carboxylic acids is 1. The average Bonchev–Trinajstić information content (AvgIpc) is 2.14. The number of hydrogen-bond acceptors (Lipinski definition) is 1. The van der Waals surface area contributed by atoms with Crippen LogP contribution in [-0.4, -0.2) is 5.24 Å². The third-order valence-electron chi connectivity index (χ3n) is 2.47. The lowest BCUT2D eigenvalue weighted by Crippen LogP contribution is -2.11. The molecule has 1 nitrogen and oxygen atoms in total. The minimum atomic E-state index is -4.40. The van der Waals surface area contributed by atoms with Crippen molar-refractivity contribution in [3.63, 3.8) is 0 Å². The second kappa shape index (κ2) is 4.45. The van der Waals surface area contributed by atoms with Gasteiger partial charge >= 0.3 is 6.18 Å². The van der Waals surface area contributed by atoms with Crippen molar-refractivity contribution < 1.29 is 18.0 Å². The molecular formula is C11H10ClF3O. The van der Waals surface area contributed by atoms with Crippen molar-refractivity contribution in [3.8, 4) is 0 Å². The number of rotatable bonds is 2. The zero-order chi connectivity index (χ0) is 12.5. The van der Waals surface area contributed by atoms with Crippen LogP contribution in [0.2, 0.25) is 0 Å². The fraction of sp³-hybridized carbons (Fsp3) is 0.364. The molecule has 0 atom stereocenters. The smallest absolute Gasteiger partial charge is 0.276 e. The minimum absolute atomic E-state index is 0.0708. The topological polar surface area (TPSA) is 17.1 Å². The molecule has 0 spiro atoms. The van der Waals surface area contributed by atoms with Gasteiger partial charge in [-0.3, -0.25) is 4.79 Å². The molecule has 1 rings (SSSR count). The van der Waals surface area contributed by atoms with Gasteiger partial charge in [0.25, 0.3) is 5.24 Å². The van der Waals surface area contributed by atoms with Crippen LogP contribution in [0.3, 0.4) is 0 Å². The molecule has 0 unspecified atom stereocenters. The number of carbonyl (C=O) groups is 1. The van der Waals surface area contributed by atoms with Gasteiger partial charge in [-0.1, -0.05) is 6.92 Å². The summed E-state index contributed by atoms with van der Waals surface area (Å²) in [6, 6.07) is 2.02. The summed E-state index contributed by atoms with van der Waals surface area (Å²) >= 11 is 5.31. The molecule has 0 saturated carbocycles. The molecule has 5 heteroatoms. The molecule has 0 radical (unpaired) electrons. The van der Waals surface area contributed by atoms with Gasteiger partial charge in [0.1, 0.15) is 0 Å². The van der Waals surface area contributed by atoms with E-state index in [0.29, 0.717) is 12.0 Å². The van der Waals surface area contributed by atoms with Crippen LogP contribution in [0.15, 0.2) is 12.1 Å². The van der Waals surface area contributed by atoms with Crippen molar-refractivity contribution in [2.24, 2.45) is 0 Å². The van der Waals surface area contributed by atoms with Crippen molar-refractivity contribution >= 4 is 16.8 Å². The molecule has 0 aliphatic carbocycles. The molecule has 1 aromatic rings. The maximum atomic E-state index is 12.6. The van der Waals surface area contributed by atoms with E-state index in [-0.39, 0.29) is 11.1 Å². The van der Waals surface area contributed by atoms with Crippen LogP contribution < -0.4 is 0 Å². The van der Waals surface area contributed by atoms with E-state index in [9.17, 15) is 18.0 Å². The van der Waals surface area contributed by atoms with E-state index in [4.69, 9.17) is 11.6 Å². The van der Waals surface area contributed by atoms with Crippen LogP contribution in [0.5, 0.6) is 0 Å². The summed E-state index contributed by atoms with van der Waals surface area (Å²) in [6.45, 7) is 3.04. The summed E-state index contributed by atoms with van der Waals surface area (Å²) in [5.41, 5.74) is -0.142. The summed E-state index contributed by atoms with van der Waals surface area (Å²) in [5.74, 6) is 0. The Hall–Kier alpha value is -1.03. The van der Waals surface area contributed by atoms with Crippen molar-refractivity contribution in [3.05, 3.63) is 34.4 Å². The Balaban J connectivity index is 3.46. The van der Waals surface area contributed by atoms with Gasteiger partial charge in [0.05, 0.1) is 5.56 Å². The lowest BCUT2D eigenvalue weighted by atomic mass is 9.95. The second-order valence-electron chi connectivity index (χ2n) is 3.39. The Morgan fingerprint density at radius 3 is 2.31 bits per heavy atom. The highest BCUT2D eigenvalue weighted by Gasteiger charge is 2.33. The number of benzene rings is 1. The van der Waals surface area contributed by atoms with Crippen LogP contribution in [-0.2, 0) is 12.6 Å². The van der Waals surface area contributed by atoms with E-state index in [0.717, 1.165) is 12.1 Å². The largest absolute Gasteiger partial charge is 0.416 e. The van der Waals surface area contributed by atoms with Gasteiger partial charge < -0.3 is 0 Å². The lowest BCUT2D eigenvalue weighted by Gasteiger charge is -2.15. The molecule has 0 heterocycles. The first-order valence-corrected chi connectivity index (χ1v) is 5.06. The van der Waals surface area contributed by atoms with Gasteiger partial charge in [0.2, 0.25) is 0 Å². The Bertz CT molecular complexity index is 424. The van der Waals surface area contributed by atoms with Crippen molar-refractivity contribution in [2.75, 3.05) is 0 Å². The quantitative estimate of drug-likeness (QED) is 0.726. The predicted octanol–water partition coefficient (Wildman–Crippen LogP) is 3.96. The van der Waals surface area contributed by atoms with E-state index in [1.807, 2.05) is 0 Å². The standard InChI is InChI=1S/C11H10ClF3O/c1-3-7-6(2)9(11(13,14)15)5-4-8(7)10(12)16/h4-5H,3H2,1-2H3. The summed E-state index contributed by atoms with van der Waals surface area (Å²) in [6.07, 6.45) is -4.06. The third-order valence-corrected chi connectivity index (χ3v) is 2.67. The maximum Gasteiger partial charge on any atom is 0.416 e. The first kappa shape index (κ1) is 13.0. The van der Waals surface area contributed by atoms with Crippen LogP contribution in [0.25, 0.3) is 0 Å². The molecule has 16 heavy (non-hydrogen) atoms. The molecule has 0 aromatic heterocycles. The molecular weight excluding hydrogens is 241 g/mol. The van der Waals surface area contributed by atoms with Crippen LogP contribution >= 0.6 is 11.6 Å². The first-order chi connectivity index (χ1) is 7.29. The fourth-order valence-corrected chi connectivity index (χ4v) is 1.88. The van der Waals surface area contributed by atoms with E-state index in [2.05, 4.69) is 0 Å². The van der Waals surface area contributed by atoms with E-state index in [1.165, 1.54) is 6.92 Å². The van der Waals surface area contributed by atoms with Gasteiger partial charge in [-0.25, -0.2) is 0 Å². The second-order valence-corrected chi connectivity index (χ2v) is 3.73. The van der Waals surface area contributed by atoms with E-state index in [1.54, 1.807) is 6.92 Å². The highest BCUT2D eigenvalue weighted by molar-refractivity contribution is 6.67. The molecule has 0 aliphatic rings. The molecule has 0 saturated heterocycles. The predicted molar refractivity (Wildman–Crippen MR) is 55.7 cm³/mol. The Morgan fingerprint density at radius 1 is 1.38 bits per heavy atom. The Labute approximate surface area is 96.2 Å². The van der Waals surface area contributed by atoms with Gasteiger partial charge in [-0.15, -0.1) is 0 Å². The van der Waals surface area contributed by atoms with Gasteiger partial charge in [0, 0.05) is 5.56 Å². The molecule has 0 bridgehead atoms. The number of alkyl halides is 3. The summed E-state index contributed by atoms with van der Waals surface area (Å²) in [4.78, 5) is 11.0. The highest BCUT2D eigenvalue weighted by atomic mass is 35.5. The molecule has 0 aliphatic heterocycles. The minimum Gasteiger partial charge on any atom is -0.276 e. The summed E-state index contributed by atoms with van der Waals surface area (Å²) < 4.78 is 37.7. The summed E-state index contributed by atoms with van der Waals surface area (Å²) in [7, 11) is 0. The third kappa shape index (κ3) is 2.38. The van der Waals surface area contributed by atoms with Crippen molar-refractivity contribution in [1.82, 2.24) is 0 Å². The van der Waals surface area contributed by atoms with Crippen LogP contribution in [0.4, 0.5) is 13.2 Å². The zero-order valence-electron chi connectivity index (χ0n) is 8.78.